The Morgan fingerprint density at radius 1 is 1.52 bits per heavy atom. The molecule has 1 aliphatic heterocycles. The molecule has 0 aromatic carbocycles. The summed E-state index contributed by atoms with van der Waals surface area (Å²) in [6.45, 7) is 1.53. The van der Waals surface area contributed by atoms with E-state index in [-0.39, 0.29) is 18.4 Å². The van der Waals surface area contributed by atoms with Crippen molar-refractivity contribution in [3.63, 3.8) is 0 Å². The van der Waals surface area contributed by atoms with E-state index in [2.05, 4.69) is 26.3 Å². The lowest BCUT2D eigenvalue weighted by atomic mass is 10.2. The van der Waals surface area contributed by atoms with Crippen LogP contribution < -0.4 is 5.32 Å². The van der Waals surface area contributed by atoms with Crippen molar-refractivity contribution >= 4 is 27.7 Å². The number of nitrogens with zero attached hydrogens (tertiary/aromatic N) is 3. The average molecular weight is 359 g/mol. The Hall–Kier alpha value is -1.41. The molecule has 116 valence electrons. The van der Waals surface area contributed by atoms with Crippen LogP contribution in [0.1, 0.15) is 19.3 Å². The predicted molar refractivity (Wildman–Crippen MR) is 79.4 cm³/mol. The zero-order valence-electron chi connectivity index (χ0n) is 11.7. The van der Waals surface area contributed by atoms with Crippen LogP contribution in [0.2, 0.25) is 0 Å². The van der Waals surface area contributed by atoms with Gasteiger partial charge in [-0.15, -0.1) is 0 Å². The first-order valence-electron chi connectivity index (χ1n) is 6.98. The number of halogens is 1. The quantitative estimate of drug-likeness (QED) is 0.783. The molecule has 0 bridgehead atoms. The molecule has 21 heavy (non-hydrogen) atoms. The molecular formula is C13H19BrN4O3. The maximum Gasteiger partial charge on any atom is 0.251 e. The molecule has 1 aromatic heterocycles. The Bertz CT molecular complexity index is 505. The first-order valence-corrected chi connectivity index (χ1v) is 7.77. The van der Waals surface area contributed by atoms with Gasteiger partial charge in [0.05, 0.1) is 23.8 Å². The Morgan fingerprint density at radius 3 is 3.05 bits per heavy atom. The van der Waals surface area contributed by atoms with Crippen molar-refractivity contribution in [2.45, 2.75) is 31.9 Å². The zero-order valence-corrected chi connectivity index (χ0v) is 13.3. The molecule has 2 rings (SSSR count). The lowest BCUT2D eigenvalue weighted by molar-refractivity contribution is -0.142. The van der Waals surface area contributed by atoms with Gasteiger partial charge in [0.25, 0.3) is 5.91 Å². The molecule has 0 aliphatic carbocycles. The maximum absolute atomic E-state index is 11.9. The number of hydrogen-bond acceptors (Lipinski definition) is 4. The molecule has 0 saturated carbocycles. The summed E-state index contributed by atoms with van der Waals surface area (Å²) >= 11 is 3.30. The van der Waals surface area contributed by atoms with Gasteiger partial charge in [-0.3, -0.25) is 14.3 Å². The highest BCUT2D eigenvalue weighted by molar-refractivity contribution is 9.10. The van der Waals surface area contributed by atoms with Gasteiger partial charge >= 0.3 is 0 Å². The van der Waals surface area contributed by atoms with Crippen LogP contribution in [0.4, 0.5) is 0 Å². The second-order valence-electron chi connectivity index (χ2n) is 5.04. The molecule has 2 N–H and O–H groups in total. The van der Waals surface area contributed by atoms with Crippen molar-refractivity contribution in [1.29, 1.82) is 0 Å². The summed E-state index contributed by atoms with van der Waals surface area (Å²) in [7, 11) is 0. The number of aliphatic hydroxyl groups excluding tert-OH is 1. The minimum absolute atomic E-state index is 0.00129. The summed E-state index contributed by atoms with van der Waals surface area (Å²) in [5, 5.41) is 16.5. The number of carbonyl (C=O) groups excluding carboxylic acids is 2. The van der Waals surface area contributed by atoms with Crippen LogP contribution in [-0.2, 0) is 16.1 Å². The van der Waals surface area contributed by atoms with Gasteiger partial charge in [-0.1, -0.05) is 0 Å². The van der Waals surface area contributed by atoms with Gasteiger partial charge in [0.2, 0.25) is 5.91 Å². The summed E-state index contributed by atoms with van der Waals surface area (Å²) in [5.41, 5.74) is 0. The molecule has 1 aromatic rings. The molecule has 0 radical (unpaired) electrons. The van der Waals surface area contributed by atoms with Crippen molar-refractivity contribution in [2.24, 2.45) is 0 Å². The molecule has 1 atom stereocenters. The van der Waals surface area contributed by atoms with E-state index in [4.69, 9.17) is 0 Å². The maximum atomic E-state index is 11.9. The van der Waals surface area contributed by atoms with E-state index in [0.717, 1.165) is 17.3 Å². The molecule has 7 nitrogen and oxygen atoms in total. The van der Waals surface area contributed by atoms with Crippen molar-refractivity contribution in [1.82, 2.24) is 20.0 Å². The van der Waals surface area contributed by atoms with Crippen LogP contribution in [0.3, 0.4) is 0 Å². The molecule has 1 saturated heterocycles. The minimum atomic E-state index is -0.971. The second kappa shape index (κ2) is 7.56. The standard InChI is InChI=1S/C13H19BrN4O3/c14-10-7-16-18(8-10)6-4-15-12(20)9-17-5-2-1-3-11(19)13(17)21/h7-8,11,19H,1-6,9H2,(H,15,20). The van der Waals surface area contributed by atoms with E-state index in [1.165, 1.54) is 4.90 Å². The largest absolute Gasteiger partial charge is 0.383 e. The summed E-state index contributed by atoms with van der Waals surface area (Å²) in [5.74, 6) is -0.567. The van der Waals surface area contributed by atoms with Gasteiger partial charge in [0.15, 0.2) is 0 Å². The van der Waals surface area contributed by atoms with Crippen LogP contribution in [-0.4, -0.2) is 57.3 Å². The van der Waals surface area contributed by atoms with Crippen LogP contribution in [0.15, 0.2) is 16.9 Å². The lowest BCUT2D eigenvalue weighted by Crippen LogP contribution is -2.44. The number of likely N-dealkylation sites (tertiary alicyclic amines) is 1. The highest BCUT2D eigenvalue weighted by Crippen LogP contribution is 2.11. The third kappa shape index (κ3) is 4.82. The summed E-state index contributed by atoms with van der Waals surface area (Å²) in [6, 6.07) is 0. The monoisotopic (exact) mass is 358 g/mol. The molecule has 1 fully saturated rings. The Morgan fingerprint density at radius 2 is 2.33 bits per heavy atom. The lowest BCUT2D eigenvalue weighted by Gasteiger charge is -2.21. The van der Waals surface area contributed by atoms with Gasteiger partial charge < -0.3 is 15.3 Å². The molecule has 8 heteroatoms. The van der Waals surface area contributed by atoms with Gasteiger partial charge in [-0.25, -0.2) is 0 Å². The number of aliphatic hydroxyl groups is 1. The average Bonchev–Trinajstić information content (AvgIpc) is 2.79. The zero-order chi connectivity index (χ0) is 15.2. The van der Waals surface area contributed by atoms with Gasteiger partial charge in [-0.05, 0) is 35.2 Å². The van der Waals surface area contributed by atoms with Gasteiger partial charge in [0, 0.05) is 19.3 Å². The van der Waals surface area contributed by atoms with E-state index in [0.29, 0.717) is 26.1 Å². The number of aromatic nitrogens is 2. The van der Waals surface area contributed by atoms with E-state index < -0.39 is 6.10 Å². The summed E-state index contributed by atoms with van der Waals surface area (Å²) in [6.07, 6.45) is 4.63. The van der Waals surface area contributed by atoms with Gasteiger partial charge in [0.1, 0.15) is 6.10 Å². The summed E-state index contributed by atoms with van der Waals surface area (Å²) < 4.78 is 2.60. The SMILES string of the molecule is O=C(CN1CCCCC(O)C1=O)NCCn1cc(Br)cn1. The van der Waals surface area contributed by atoms with E-state index in [1.807, 2.05) is 6.20 Å². The number of rotatable bonds is 5. The van der Waals surface area contributed by atoms with Crippen molar-refractivity contribution in [3.05, 3.63) is 16.9 Å². The molecule has 1 unspecified atom stereocenters. The van der Waals surface area contributed by atoms with Crippen LogP contribution in [0, 0.1) is 0 Å². The highest BCUT2D eigenvalue weighted by Gasteiger charge is 2.26. The smallest absolute Gasteiger partial charge is 0.251 e. The molecule has 2 amide bonds. The molecule has 0 spiro atoms. The first kappa shape index (κ1) is 16.0. The predicted octanol–water partition coefficient (Wildman–Crippen LogP) is 0.135. The van der Waals surface area contributed by atoms with Crippen molar-refractivity contribution < 1.29 is 14.7 Å². The Balaban J connectivity index is 1.74. The number of hydrogen-bond donors (Lipinski definition) is 2. The minimum Gasteiger partial charge on any atom is -0.383 e. The first-order chi connectivity index (χ1) is 10.1. The van der Waals surface area contributed by atoms with Crippen LogP contribution >= 0.6 is 15.9 Å². The number of carbonyl (C=O) groups is 2. The second-order valence-corrected chi connectivity index (χ2v) is 5.96. The normalized spacial score (nSPS) is 19.4. The van der Waals surface area contributed by atoms with Gasteiger partial charge in [-0.2, -0.15) is 5.10 Å². The van der Waals surface area contributed by atoms with Crippen LogP contribution in [0.25, 0.3) is 0 Å². The fraction of sp³-hybridized carbons (Fsp3) is 0.615. The van der Waals surface area contributed by atoms with E-state index >= 15 is 0 Å². The van der Waals surface area contributed by atoms with Crippen molar-refractivity contribution in [2.75, 3.05) is 19.6 Å². The highest BCUT2D eigenvalue weighted by atomic mass is 79.9. The van der Waals surface area contributed by atoms with E-state index in [9.17, 15) is 14.7 Å². The third-order valence-electron chi connectivity index (χ3n) is 3.35. The topological polar surface area (TPSA) is 87.5 Å². The third-order valence-corrected chi connectivity index (χ3v) is 3.76. The summed E-state index contributed by atoms with van der Waals surface area (Å²) in [4.78, 5) is 25.1. The fourth-order valence-corrected chi connectivity index (χ4v) is 2.57. The fourth-order valence-electron chi connectivity index (χ4n) is 2.24. The van der Waals surface area contributed by atoms with E-state index in [1.54, 1.807) is 10.9 Å². The number of nitrogens with one attached hydrogen (secondary N) is 1. The molecular weight excluding hydrogens is 340 g/mol. The van der Waals surface area contributed by atoms with Crippen LogP contribution in [0.5, 0.6) is 0 Å². The number of amides is 2. The molecule has 1 aliphatic rings. The Labute approximate surface area is 131 Å². The molecule has 2 heterocycles. The van der Waals surface area contributed by atoms with Crippen molar-refractivity contribution in [3.8, 4) is 0 Å². The Kier molecular flexibility index (Phi) is 5.75.